The minimum absolute atomic E-state index is 0.0660. The molecule has 1 aromatic carbocycles. The second-order valence-corrected chi connectivity index (χ2v) is 7.29. The highest BCUT2D eigenvalue weighted by atomic mass is 32.2. The Kier molecular flexibility index (Phi) is 6.16. The lowest BCUT2D eigenvalue weighted by atomic mass is 10.1. The van der Waals surface area contributed by atoms with Gasteiger partial charge in [-0.1, -0.05) is 11.8 Å². The van der Waals surface area contributed by atoms with Gasteiger partial charge in [-0.2, -0.15) is 0 Å². The average molecular weight is 376 g/mol. The third-order valence-corrected chi connectivity index (χ3v) is 5.41. The van der Waals surface area contributed by atoms with E-state index in [1.165, 1.54) is 11.8 Å². The number of hydrogen-bond donors (Lipinski definition) is 0. The summed E-state index contributed by atoms with van der Waals surface area (Å²) in [4.78, 5) is 14.9. The summed E-state index contributed by atoms with van der Waals surface area (Å²) >= 11 is 1.44. The minimum atomic E-state index is -0.254. The van der Waals surface area contributed by atoms with Crippen molar-refractivity contribution < 1.29 is 14.3 Å². The molecule has 1 aliphatic heterocycles. The van der Waals surface area contributed by atoms with Gasteiger partial charge in [0.2, 0.25) is 5.95 Å². The summed E-state index contributed by atoms with van der Waals surface area (Å²) in [6, 6.07) is 7.19. The minimum Gasteiger partial charge on any atom is -0.497 e. The first kappa shape index (κ1) is 18.7. The number of thioether (sulfide) groups is 1. The van der Waals surface area contributed by atoms with E-state index in [0.29, 0.717) is 18.8 Å². The van der Waals surface area contributed by atoms with E-state index in [0.717, 1.165) is 36.5 Å². The van der Waals surface area contributed by atoms with Crippen LogP contribution in [0.3, 0.4) is 0 Å². The third-order valence-electron chi connectivity index (χ3n) is 4.33. The highest BCUT2D eigenvalue weighted by molar-refractivity contribution is 8.00. The van der Waals surface area contributed by atoms with Crippen LogP contribution in [0.25, 0.3) is 0 Å². The van der Waals surface area contributed by atoms with Crippen molar-refractivity contribution in [1.29, 1.82) is 0 Å². The molecule has 1 aliphatic rings. The first-order valence-electron chi connectivity index (χ1n) is 8.74. The molecule has 0 bridgehead atoms. The molecule has 3 rings (SSSR count). The van der Waals surface area contributed by atoms with Crippen molar-refractivity contribution in [2.24, 2.45) is 0 Å². The van der Waals surface area contributed by atoms with Gasteiger partial charge in [-0.15, -0.1) is 10.2 Å². The molecule has 7 nitrogen and oxygen atoms in total. The van der Waals surface area contributed by atoms with Gasteiger partial charge >= 0.3 is 0 Å². The fourth-order valence-corrected chi connectivity index (χ4v) is 3.83. The third kappa shape index (κ3) is 4.02. The zero-order chi connectivity index (χ0) is 18.5. The Bertz CT molecular complexity index is 741. The molecular formula is C18H24N4O3S. The molecule has 1 atom stereocenters. The van der Waals surface area contributed by atoms with Crippen LogP contribution in [0.2, 0.25) is 0 Å². The SMILES string of the molecule is CCn1c(S[C@@H](C)C(=O)c2ccc(OC)cc2)nnc1N1CCOCC1. The van der Waals surface area contributed by atoms with E-state index < -0.39 is 0 Å². The number of benzene rings is 1. The first-order chi connectivity index (χ1) is 12.6. The predicted molar refractivity (Wildman–Crippen MR) is 101 cm³/mol. The van der Waals surface area contributed by atoms with E-state index in [4.69, 9.17) is 9.47 Å². The van der Waals surface area contributed by atoms with Gasteiger partial charge in [-0.05, 0) is 38.1 Å². The van der Waals surface area contributed by atoms with Crippen LogP contribution in [0, 0.1) is 0 Å². The quantitative estimate of drug-likeness (QED) is 0.543. The summed E-state index contributed by atoms with van der Waals surface area (Å²) in [6.07, 6.45) is 0. The Balaban J connectivity index is 1.72. The van der Waals surface area contributed by atoms with Crippen LogP contribution < -0.4 is 9.64 Å². The van der Waals surface area contributed by atoms with E-state index in [2.05, 4.69) is 26.6 Å². The maximum Gasteiger partial charge on any atom is 0.228 e. The van der Waals surface area contributed by atoms with Gasteiger partial charge < -0.3 is 14.4 Å². The molecule has 0 unspecified atom stereocenters. The number of ether oxygens (including phenoxy) is 2. The van der Waals surface area contributed by atoms with E-state index in [1.807, 2.05) is 6.92 Å². The Hall–Kier alpha value is -2.06. The van der Waals surface area contributed by atoms with Gasteiger partial charge in [0.25, 0.3) is 0 Å². The smallest absolute Gasteiger partial charge is 0.228 e. The maximum atomic E-state index is 12.7. The predicted octanol–water partition coefficient (Wildman–Crippen LogP) is 2.51. The fourth-order valence-electron chi connectivity index (χ4n) is 2.84. The molecule has 0 aliphatic carbocycles. The van der Waals surface area contributed by atoms with Crippen molar-refractivity contribution >= 4 is 23.5 Å². The number of nitrogens with zero attached hydrogens (tertiary/aromatic N) is 4. The summed E-state index contributed by atoms with van der Waals surface area (Å²) in [6.45, 7) is 7.74. The van der Waals surface area contributed by atoms with Gasteiger partial charge in [0, 0.05) is 25.2 Å². The van der Waals surface area contributed by atoms with Crippen molar-refractivity contribution in [3.8, 4) is 5.75 Å². The van der Waals surface area contributed by atoms with Crippen LogP contribution in [0.4, 0.5) is 5.95 Å². The molecule has 0 saturated carbocycles. The standard InChI is InChI=1S/C18H24N4O3S/c1-4-22-17(21-9-11-25-12-10-21)19-20-18(22)26-13(2)16(23)14-5-7-15(24-3)8-6-14/h5-8,13H,4,9-12H2,1-3H3/t13-/m0/s1. The van der Waals surface area contributed by atoms with E-state index in [-0.39, 0.29) is 11.0 Å². The van der Waals surface area contributed by atoms with E-state index in [1.54, 1.807) is 31.4 Å². The molecule has 0 radical (unpaired) electrons. The van der Waals surface area contributed by atoms with Gasteiger partial charge in [-0.25, -0.2) is 0 Å². The van der Waals surface area contributed by atoms with Crippen LogP contribution in [0.5, 0.6) is 5.75 Å². The van der Waals surface area contributed by atoms with Crippen molar-refractivity contribution in [1.82, 2.24) is 14.8 Å². The Labute approximate surface area is 157 Å². The Morgan fingerprint density at radius 3 is 2.58 bits per heavy atom. The summed E-state index contributed by atoms with van der Waals surface area (Å²) in [5, 5.41) is 9.19. The Morgan fingerprint density at radius 2 is 1.96 bits per heavy atom. The topological polar surface area (TPSA) is 69.5 Å². The van der Waals surface area contributed by atoms with Gasteiger partial charge in [-0.3, -0.25) is 9.36 Å². The second kappa shape index (κ2) is 8.55. The lowest BCUT2D eigenvalue weighted by molar-refractivity contribution is 0.0994. The lowest BCUT2D eigenvalue weighted by Crippen LogP contribution is -2.38. The molecule has 140 valence electrons. The summed E-state index contributed by atoms with van der Waals surface area (Å²) in [7, 11) is 1.61. The monoisotopic (exact) mass is 376 g/mol. The number of morpholine rings is 1. The van der Waals surface area contributed by atoms with Crippen LogP contribution in [-0.4, -0.2) is 59.2 Å². The zero-order valence-corrected chi connectivity index (χ0v) is 16.2. The van der Waals surface area contributed by atoms with E-state index >= 15 is 0 Å². The number of carbonyl (C=O) groups is 1. The molecule has 26 heavy (non-hydrogen) atoms. The summed E-state index contributed by atoms with van der Waals surface area (Å²) in [5.74, 6) is 1.65. The lowest BCUT2D eigenvalue weighted by Gasteiger charge is -2.27. The highest BCUT2D eigenvalue weighted by Crippen LogP contribution is 2.28. The van der Waals surface area contributed by atoms with Crippen LogP contribution >= 0.6 is 11.8 Å². The van der Waals surface area contributed by atoms with Crippen molar-refractivity contribution in [2.75, 3.05) is 38.3 Å². The second-order valence-electron chi connectivity index (χ2n) is 5.98. The number of anilines is 1. The molecule has 0 amide bonds. The molecule has 2 heterocycles. The Morgan fingerprint density at radius 1 is 1.27 bits per heavy atom. The molecule has 1 fully saturated rings. The van der Waals surface area contributed by atoms with Crippen molar-refractivity contribution in [3.63, 3.8) is 0 Å². The molecule has 0 N–H and O–H groups in total. The number of methoxy groups -OCH3 is 1. The van der Waals surface area contributed by atoms with Crippen LogP contribution in [0.1, 0.15) is 24.2 Å². The molecule has 1 aromatic heterocycles. The van der Waals surface area contributed by atoms with Crippen molar-refractivity contribution in [3.05, 3.63) is 29.8 Å². The maximum absolute atomic E-state index is 12.7. The molecule has 1 saturated heterocycles. The largest absolute Gasteiger partial charge is 0.497 e. The summed E-state index contributed by atoms with van der Waals surface area (Å²) in [5.41, 5.74) is 0.668. The molecule has 8 heteroatoms. The van der Waals surface area contributed by atoms with Gasteiger partial charge in [0.15, 0.2) is 10.9 Å². The number of ketones is 1. The van der Waals surface area contributed by atoms with Crippen LogP contribution in [0.15, 0.2) is 29.4 Å². The van der Waals surface area contributed by atoms with Gasteiger partial charge in [0.05, 0.1) is 25.6 Å². The summed E-state index contributed by atoms with van der Waals surface area (Å²) < 4.78 is 12.6. The highest BCUT2D eigenvalue weighted by Gasteiger charge is 2.23. The van der Waals surface area contributed by atoms with E-state index in [9.17, 15) is 4.79 Å². The van der Waals surface area contributed by atoms with Crippen LogP contribution in [-0.2, 0) is 11.3 Å². The molecular weight excluding hydrogens is 352 g/mol. The molecule has 2 aromatic rings. The number of carbonyl (C=O) groups excluding carboxylic acids is 1. The number of hydrogen-bond acceptors (Lipinski definition) is 7. The number of aromatic nitrogens is 3. The fraction of sp³-hybridized carbons (Fsp3) is 0.500. The zero-order valence-electron chi connectivity index (χ0n) is 15.3. The molecule has 0 spiro atoms. The number of Topliss-reactive ketones (excluding diaryl/α,β-unsaturated/α-hetero) is 1. The number of rotatable bonds is 7. The van der Waals surface area contributed by atoms with Gasteiger partial charge in [0.1, 0.15) is 5.75 Å². The van der Waals surface area contributed by atoms with Crippen molar-refractivity contribution in [2.45, 2.75) is 30.8 Å². The average Bonchev–Trinajstić information content (AvgIpc) is 3.10. The first-order valence-corrected chi connectivity index (χ1v) is 9.62. The normalized spacial score (nSPS) is 15.7.